The zero-order chi connectivity index (χ0) is 16.9. The third-order valence-electron chi connectivity index (χ3n) is 4.69. The van der Waals surface area contributed by atoms with Gasteiger partial charge in [-0.25, -0.2) is 0 Å². The second-order valence-corrected chi connectivity index (χ2v) is 6.12. The quantitative estimate of drug-likeness (QED) is 0.473. The number of hydrogen-bond acceptors (Lipinski definition) is 3. The van der Waals surface area contributed by atoms with Gasteiger partial charge in [0.2, 0.25) is 6.04 Å². The van der Waals surface area contributed by atoms with Crippen LogP contribution in [0, 0.1) is 16.0 Å². The Morgan fingerprint density at radius 2 is 1.67 bits per heavy atom. The molecule has 0 saturated heterocycles. The molecule has 0 bridgehead atoms. The van der Waals surface area contributed by atoms with Crippen molar-refractivity contribution >= 4 is 11.9 Å². The Morgan fingerprint density at radius 3 is 2.25 bits per heavy atom. The van der Waals surface area contributed by atoms with Crippen LogP contribution < -0.4 is 0 Å². The SMILES string of the molecule is O=CC[C@@H]1C=C(c2ccccc2)C[C@H](c2ccccc2)[C@H]1[N+](=O)[O-]. The first-order chi connectivity index (χ1) is 11.7. The largest absolute Gasteiger partial charge is 0.303 e. The first kappa shape index (κ1) is 16.1. The van der Waals surface area contributed by atoms with Gasteiger partial charge in [-0.15, -0.1) is 0 Å². The van der Waals surface area contributed by atoms with Gasteiger partial charge in [-0.05, 0) is 23.1 Å². The predicted octanol–water partition coefficient (Wildman–Crippen LogP) is 4.11. The van der Waals surface area contributed by atoms with Gasteiger partial charge in [0.15, 0.2) is 0 Å². The lowest BCUT2D eigenvalue weighted by Gasteiger charge is -2.31. The summed E-state index contributed by atoms with van der Waals surface area (Å²) < 4.78 is 0. The molecule has 0 radical (unpaired) electrons. The van der Waals surface area contributed by atoms with Crippen LogP contribution in [0.25, 0.3) is 5.57 Å². The Morgan fingerprint density at radius 1 is 1.04 bits per heavy atom. The molecule has 1 aliphatic carbocycles. The van der Waals surface area contributed by atoms with Crippen LogP contribution in [0.1, 0.15) is 29.9 Å². The second-order valence-electron chi connectivity index (χ2n) is 6.12. The van der Waals surface area contributed by atoms with E-state index in [9.17, 15) is 14.9 Å². The fraction of sp³-hybridized carbons (Fsp3) is 0.250. The first-order valence-corrected chi connectivity index (χ1v) is 8.09. The molecule has 0 aromatic heterocycles. The standard InChI is InChI=1S/C20H19NO3/c22-12-11-17-13-18(15-7-3-1-4-8-15)14-19(20(17)21(23)24)16-9-5-2-6-10-16/h1-10,12-13,17,19-20H,11,14H2/t17-,19-,20+/m1/s1. The van der Waals surface area contributed by atoms with E-state index in [2.05, 4.69) is 0 Å². The van der Waals surface area contributed by atoms with Gasteiger partial charge in [-0.2, -0.15) is 0 Å². The molecular weight excluding hydrogens is 302 g/mol. The summed E-state index contributed by atoms with van der Waals surface area (Å²) in [4.78, 5) is 22.6. The van der Waals surface area contributed by atoms with E-state index in [1.807, 2.05) is 66.7 Å². The number of carbonyl (C=O) groups excluding carboxylic acids is 1. The molecule has 0 heterocycles. The monoisotopic (exact) mass is 321 g/mol. The van der Waals surface area contributed by atoms with Crippen molar-refractivity contribution in [3.05, 3.63) is 88.0 Å². The highest BCUT2D eigenvalue weighted by atomic mass is 16.6. The van der Waals surface area contributed by atoms with E-state index in [0.717, 1.165) is 23.0 Å². The molecule has 0 N–H and O–H groups in total. The van der Waals surface area contributed by atoms with Crippen LogP contribution in [0.15, 0.2) is 66.7 Å². The topological polar surface area (TPSA) is 60.2 Å². The van der Waals surface area contributed by atoms with Gasteiger partial charge in [0.25, 0.3) is 0 Å². The van der Waals surface area contributed by atoms with Gasteiger partial charge in [0, 0.05) is 11.3 Å². The Balaban J connectivity index is 2.05. The zero-order valence-electron chi connectivity index (χ0n) is 13.2. The molecular formula is C20H19NO3. The summed E-state index contributed by atoms with van der Waals surface area (Å²) >= 11 is 0. The Labute approximate surface area is 141 Å². The minimum atomic E-state index is -0.773. The summed E-state index contributed by atoms with van der Waals surface area (Å²) in [7, 11) is 0. The van der Waals surface area contributed by atoms with Gasteiger partial charge in [0.05, 0.1) is 11.8 Å². The van der Waals surface area contributed by atoms with Gasteiger partial charge < -0.3 is 4.79 Å². The average molecular weight is 321 g/mol. The molecule has 3 rings (SSSR count). The summed E-state index contributed by atoms with van der Waals surface area (Å²) in [5, 5.41) is 11.7. The highest BCUT2D eigenvalue weighted by Gasteiger charge is 2.42. The number of nitrogens with zero attached hydrogens (tertiary/aromatic N) is 1. The molecule has 4 nitrogen and oxygen atoms in total. The summed E-state index contributed by atoms with van der Waals surface area (Å²) in [5.41, 5.74) is 3.10. The van der Waals surface area contributed by atoms with E-state index in [1.54, 1.807) is 0 Å². The summed E-state index contributed by atoms with van der Waals surface area (Å²) in [6.07, 6.45) is 3.49. The minimum Gasteiger partial charge on any atom is -0.303 e. The lowest BCUT2D eigenvalue weighted by molar-refractivity contribution is -0.534. The molecule has 4 heteroatoms. The maximum atomic E-state index is 11.7. The fourth-order valence-electron chi connectivity index (χ4n) is 3.58. The van der Waals surface area contributed by atoms with Gasteiger partial charge >= 0.3 is 0 Å². The average Bonchev–Trinajstić information content (AvgIpc) is 2.62. The van der Waals surface area contributed by atoms with Crippen LogP contribution in [0.5, 0.6) is 0 Å². The molecule has 3 atom stereocenters. The number of carbonyl (C=O) groups is 1. The first-order valence-electron chi connectivity index (χ1n) is 8.09. The van der Waals surface area contributed by atoms with Crippen molar-refractivity contribution in [2.45, 2.75) is 24.8 Å². The van der Waals surface area contributed by atoms with Crippen LogP contribution in [0.3, 0.4) is 0 Å². The van der Waals surface area contributed by atoms with Crippen molar-refractivity contribution in [2.75, 3.05) is 0 Å². The second kappa shape index (κ2) is 7.21. The molecule has 2 aromatic carbocycles. The van der Waals surface area contributed by atoms with E-state index in [1.165, 1.54) is 0 Å². The lowest BCUT2D eigenvalue weighted by atomic mass is 9.72. The van der Waals surface area contributed by atoms with Gasteiger partial charge in [-0.3, -0.25) is 10.1 Å². The molecule has 2 aromatic rings. The molecule has 0 amide bonds. The lowest BCUT2D eigenvalue weighted by Crippen LogP contribution is -2.37. The highest BCUT2D eigenvalue weighted by molar-refractivity contribution is 5.68. The molecule has 122 valence electrons. The van der Waals surface area contributed by atoms with E-state index in [-0.39, 0.29) is 23.2 Å². The number of rotatable bonds is 5. The number of allylic oxidation sites excluding steroid dienone is 1. The van der Waals surface area contributed by atoms with E-state index < -0.39 is 6.04 Å². The maximum Gasteiger partial charge on any atom is 0.226 e. The summed E-state index contributed by atoms with van der Waals surface area (Å²) in [5.74, 6) is -0.613. The van der Waals surface area contributed by atoms with E-state index in [4.69, 9.17) is 0 Å². The predicted molar refractivity (Wildman–Crippen MR) is 93.2 cm³/mol. The van der Waals surface area contributed by atoms with Gasteiger partial charge in [0.1, 0.15) is 6.29 Å². The van der Waals surface area contributed by atoms with Crippen LogP contribution in [0.2, 0.25) is 0 Å². The van der Waals surface area contributed by atoms with Crippen LogP contribution in [-0.4, -0.2) is 17.3 Å². The number of hydrogen-bond donors (Lipinski definition) is 0. The number of benzene rings is 2. The molecule has 0 spiro atoms. The Bertz CT molecular complexity index is 740. The van der Waals surface area contributed by atoms with E-state index >= 15 is 0 Å². The number of aldehydes is 1. The van der Waals surface area contributed by atoms with Crippen molar-refractivity contribution in [3.63, 3.8) is 0 Å². The summed E-state index contributed by atoms with van der Waals surface area (Å²) in [6.45, 7) is 0. The Hall–Kier alpha value is -2.75. The van der Waals surface area contributed by atoms with Crippen molar-refractivity contribution in [2.24, 2.45) is 5.92 Å². The summed E-state index contributed by atoms with van der Waals surface area (Å²) in [6, 6.07) is 18.7. The van der Waals surface area contributed by atoms with Crippen molar-refractivity contribution in [1.29, 1.82) is 0 Å². The molecule has 1 aliphatic rings. The zero-order valence-corrected chi connectivity index (χ0v) is 13.2. The normalized spacial score (nSPS) is 23.3. The third-order valence-corrected chi connectivity index (χ3v) is 4.69. The molecule has 0 aliphatic heterocycles. The molecule has 24 heavy (non-hydrogen) atoms. The van der Waals surface area contributed by atoms with Crippen molar-refractivity contribution < 1.29 is 9.72 Å². The fourth-order valence-corrected chi connectivity index (χ4v) is 3.58. The third kappa shape index (κ3) is 3.27. The van der Waals surface area contributed by atoms with Gasteiger partial charge in [-0.1, -0.05) is 66.7 Å². The molecule has 0 saturated carbocycles. The van der Waals surface area contributed by atoms with Crippen LogP contribution in [-0.2, 0) is 4.79 Å². The van der Waals surface area contributed by atoms with Crippen molar-refractivity contribution in [1.82, 2.24) is 0 Å². The van der Waals surface area contributed by atoms with Crippen molar-refractivity contribution in [3.8, 4) is 0 Å². The minimum absolute atomic E-state index is 0.172. The highest BCUT2D eigenvalue weighted by Crippen LogP contribution is 2.42. The van der Waals surface area contributed by atoms with E-state index in [0.29, 0.717) is 6.42 Å². The Kier molecular flexibility index (Phi) is 4.85. The molecule has 0 unspecified atom stereocenters. The molecule has 0 fully saturated rings. The van der Waals surface area contributed by atoms with Crippen LogP contribution in [0.4, 0.5) is 0 Å². The maximum absolute atomic E-state index is 11.7. The number of nitro groups is 1. The smallest absolute Gasteiger partial charge is 0.226 e. The van der Waals surface area contributed by atoms with Crippen LogP contribution >= 0.6 is 0 Å².